The van der Waals surface area contributed by atoms with Crippen LogP contribution in [0.5, 0.6) is 0 Å². The van der Waals surface area contributed by atoms with Crippen molar-refractivity contribution in [2.24, 2.45) is 5.73 Å². The monoisotopic (exact) mass is 157 g/mol. The highest BCUT2D eigenvalue weighted by Gasteiger charge is 2.07. The van der Waals surface area contributed by atoms with E-state index in [0.29, 0.717) is 0 Å². The summed E-state index contributed by atoms with van der Waals surface area (Å²) in [6, 6.07) is 0. The molecule has 4 heteroatoms. The number of carboxylic acid groups (broad SMARTS) is 1. The van der Waals surface area contributed by atoms with E-state index in [2.05, 4.69) is 11.8 Å². The molecule has 0 aliphatic rings. The molecule has 0 aliphatic carbocycles. The van der Waals surface area contributed by atoms with Gasteiger partial charge in [-0.1, -0.05) is 11.8 Å². The fourth-order valence-corrected chi connectivity index (χ4v) is 0.525. The first-order valence-electron chi connectivity index (χ1n) is 3.13. The Kier molecular flexibility index (Phi) is 5.17. The SMILES string of the molecule is COC(C#CCN)CC(=O)O. The molecule has 0 amide bonds. The van der Waals surface area contributed by atoms with Crippen molar-refractivity contribution < 1.29 is 14.6 Å². The van der Waals surface area contributed by atoms with Crippen molar-refractivity contribution in [3.8, 4) is 11.8 Å². The first-order chi connectivity index (χ1) is 5.20. The molecule has 1 atom stereocenters. The van der Waals surface area contributed by atoms with E-state index in [9.17, 15) is 4.79 Å². The van der Waals surface area contributed by atoms with Crippen LogP contribution >= 0.6 is 0 Å². The second-order valence-corrected chi connectivity index (χ2v) is 1.85. The van der Waals surface area contributed by atoms with E-state index in [1.165, 1.54) is 7.11 Å². The Labute approximate surface area is 65.3 Å². The maximum atomic E-state index is 10.2. The zero-order valence-electron chi connectivity index (χ0n) is 6.33. The Bertz CT molecular complexity index is 180. The van der Waals surface area contributed by atoms with Gasteiger partial charge in [-0.2, -0.15) is 0 Å². The largest absolute Gasteiger partial charge is 0.481 e. The summed E-state index contributed by atoms with van der Waals surface area (Å²) in [5.41, 5.74) is 5.09. The van der Waals surface area contributed by atoms with Crippen molar-refractivity contribution >= 4 is 5.97 Å². The number of nitrogens with two attached hydrogens (primary N) is 1. The third kappa shape index (κ3) is 5.40. The molecule has 0 spiro atoms. The van der Waals surface area contributed by atoms with E-state index < -0.39 is 12.1 Å². The van der Waals surface area contributed by atoms with Crippen molar-refractivity contribution in [3.63, 3.8) is 0 Å². The Morgan fingerprint density at radius 1 is 1.82 bits per heavy atom. The number of ether oxygens (including phenoxy) is 1. The normalized spacial score (nSPS) is 11.5. The van der Waals surface area contributed by atoms with Crippen molar-refractivity contribution in [1.29, 1.82) is 0 Å². The van der Waals surface area contributed by atoms with Crippen LogP contribution in [0.4, 0.5) is 0 Å². The van der Waals surface area contributed by atoms with E-state index in [4.69, 9.17) is 15.6 Å². The lowest BCUT2D eigenvalue weighted by Gasteiger charge is -2.03. The topological polar surface area (TPSA) is 72.5 Å². The maximum absolute atomic E-state index is 10.2. The molecule has 0 bridgehead atoms. The number of rotatable bonds is 3. The summed E-state index contributed by atoms with van der Waals surface area (Å²) < 4.78 is 4.75. The first kappa shape index (κ1) is 9.95. The molecular formula is C7H11NO3. The Balaban J connectivity index is 3.85. The summed E-state index contributed by atoms with van der Waals surface area (Å²) >= 11 is 0. The van der Waals surface area contributed by atoms with Gasteiger partial charge in [0, 0.05) is 7.11 Å². The smallest absolute Gasteiger partial charge is 0.307 e. The maximum Gasteiger partial charge on any atom is 0.307 e. The molecule has 1 unspecified atom stereocenters. The van der Waals surface area contributed by atoms with Crippen molar-refractivity contribution in [2.45, 2.75) is 12.5 Å². The van der Waals surface area contributed by atoms with Gasteiger partial charge in [0.25, 0.3) is 0 Å². The number of hydrogen-bond acceptors (Lipinski definition) is 3. The molecule has 0 fully saturated rings. The molecule has 4 nitrogen and oxygen atoms in total. The van der Waals surface area contributed by atoms with Crippen LogP contribution in [0.2, 0.25) is 0 Å². The van der Waals surface area contributed by atoms with E-state index >= 15 is 0 Å². The fraction of sp³-hybridized carbons (Fsp3) is 0.571. The van der Waals surface area contributed by atoms with E-state index in [1.807, 2.05) is 0 Å². The molecule has 62 valence electrons. The minimum Gasteiger partial charge on any atom is -0.481 e. The predicted molar refractivity (Wildman–Crippen MR) is 39.9 cm³/mol. The third-order valence-corrected chi connectivity index (χ3v) is 1.01. The Morgan fingerprint density at radius 3 is 2.82 bits per heavy atom. The molecule has 0 saturated carbocycles. The third-order valence-electron chi connectivity index (χ3n) is 1.01. The fourth-order valence-electron chi connectivity index (χ4n) is 0.525. The summed E-state index contributed by atoms with van der Waals surface area (Å²) in [5.74, 6) is 4.19. The van der Waals surface area contributed by atoms with Crippen molar-refractivity contribution in [3.05, 3.63) is 0 Å². The summed E-state index contributed by atoms with van der Waals surface area (Å²) in [6.45, 7) is 0.222. The molecule has 0 aromatic heterocycles. The van der Waals surface area contributed by atoms with Crippen LogP contribution in [0.25, 0.3) is 0 Å². The quantitative estimate of drug-likeness (QED) is 0.538. The Morgan fingerprint density at radius 2 is 2.45 bits per heavy atom. The first-order valence-corrected chi connectivity index (χ1v) is 3.13. The van der Waals surface area contributed by atoms with Gasteiger partial charge in [-0.3, -0.25) is 4.79 Å². The minimum atomic E-state index is -0.928. The molecule has 11 heavy (non-hydrogen) atoms. The highest BCUT2D eigenvalue weighted by Crippen LogP contribution is 1.93. The molecule has 0 saturated heterocycles. The Hall–Kier alpha value is -1.05. The van der Waals surface area contributed by atoms with Gasteiger partial charge in [0.2, 0.25) is 0 Å². The number of hydrogen-bond donors (Lipinski definition) is 2. The van der Waals surface area contributed by atoms with E-state index in [1.54, 1.807) is 0 Å². The standard InChI is InChI=1S/C7H11NO3/c1-11-6(3-2-4-8)5-7(9)10/h6H,4-5,8H2,1H3,(H,9,10). The van der Waals surface area contributed by atoms with Crippen LogP contribution in [0.15, 0.2) is 0 Å². The molecule has 3 N–H and O–H groups in total. The van der Waals surface area contributed by atoms with Crippen molar-refractivity contribution in [2.75, 3.05) is 13.7 Å². The van der Waals surface area contributed by atoms with Gasteiger partial charge in [-0.25, -0.2) is 0 Å². The van der Waals surface area contributed by atoms with Crippen LogP contribution in [-0.2, 0) is 9.53 Å². The predicted octanol–water partition coefficient (Wildman–Crippen LogP) is -0.562. The second kappa shape index (κ2) is 5.71. The summed E-state index contributed by atoms with van der Waals surface area (Å²) in [7, 11) is 1.42. The van der Waals surface area contributed by atoms with Crippen LogP contribution in [0.1, 0.15) is 6.42 Å². The second-order valence-electron chi connectivity index (χ2n) is 1.85. The lowest BCUT2D eigenvalue weighted by molar-refractivity contribution is -0.138. The van der Waals surface area contributed by atoms with Gasteiger partial charge in [0.05, 0.1) is 13.0 Å². The van der Waals surface area contributed by atoms with E-state index in [-0.39, 0.29) is 13.0 Å². The highest BCUT2D eigenvalue weighted by molar-refractivity contribution is 5.68. The van der Waals surface area contributed by atoms with Gasteiger partial charge in [-0.15, -0.1) is 0 Å². The van der Waals surface area contributed by atoms with Crippen LogP contribution in [-0.4, -0.2) is 30.8 Å². The number of aliphatic carboxylic acids is 1. The molecule has 0 aromatic rings. The average molecular weight is 157 g/mol. The van der Waals surface area contributed by atoms with Crippen LogP contribution < -0.4 is 5.73 Å². The van der Waals surface area contributed by atoms with Gasteiger partial charge in [0.1, 0.15) is 6.10 Å². The van der Waals surface area contributed by atoms with Crippen molar-refractivity contribution in [1.82, 2.24) is 0 Å². The van der Waals surface area contributed by atoms with Crippen LogP contribution in [0, 0.1) is 11.8 Å². The number of methoxy groups -OCH3 is 1. The molecule has 0 aliphatic heterocycles. The molecule has 0 heterocycles. The van der Waals surface area contributed by atoms with Gasteiger partial charge >= 0.3 is 5.97 Å². The zero-order chi connectivity index (χ0) is 8.69. The highest BCUT2D eigenvalue weighted by atomic mass is 16.5. The van der Waals surface area contributed by atoms with Gasteiger partial charge in [0.15, 0.2) is 0 Å². The van der Waals surface area contributed by atoms with Gasteiger partial charge < -0.3 is 15.6 Å². The minimum absolute atomic E-state index is 0.108. The summed E-state index contributed by atoms with van der Waals surface area (Å²) in [5, 5.41) is 8.34. The zero-order valence-corrected chi connectivity index (χ0v) is 6.33. The van der Waals surface area contributed by atoms with Gasteiger partial charge in [-0.05, 0) is 0 Å². The average Bonchev–Trinajstić information content (AvgIpc) is 1.97. The molecular weight excluding hydrogens is 146 g/mol. The number of carbonyl (C=O) groups is 1. The lowest BCUT2D eigenvalue weighted by atomic mass is 10.2. The molecule has 0 rings (SSSR count). The number of carboxylic acids is 1. The van der Waals surface area contributed by atoms with E-state index in [0.717, 1.165) is 0 Å². The summed E-state index contributed by atoms with van der Waals surface area (Å²) in [4.78, 5) is 10.2. The van der Waals surface area contributed by atoms with Crippen LogP contribution in [0.3, 0.4) is 0 Å². The molecule has 0 radical (unpaired) electrons. The molecule has 0 aromatic carbocycles. The summed E-state index contributed by atoms with van der Waals surface area (Å²) in [6.07, 6.45) is -0.653. The lowest BCUT2D eigenvalue weighted by Crippen LogP contribution is -2.13.